The van der Waals surface area contributed by atoms with Gasteiger partial charge in [-0.1, -0.05) is 29.8 Å². The molecule has 0 radical (unpaired) electrons. The molecule has 5 nitrogen and oxygen atoms in total. The Balaban J connectivity index is 1.87. The lowest BCUT2D eigenvalue weighted by Crippen LogP contribution is -2.41. The summed E-state index contributed by atoms with van der Waals surface area (Å²) in [4.78, 5) is 14.4. The number of rotatable bonds is 8. The van der Waals surface area contributed by atoms with E-state index in [4.69, 9.17) is 21.1 Å². The second-order valence-corrected chi connectivity index (χ2v) is 6.09. The maximum absolute atomic E-state index is 12.5. The van der Waals surface area contributed by atoms with E-state index in [9.17, 15) is 4.79 Å². The highest BCUT2D eigenvalue weighted by Crippen LogP contribution is 2.27. The number of anilines is 1. The smallest absolute Gasteiger partial charge is 0.241 e. The fraction of sp³-hybridized carbons (Fsp3) is 0.316. The molecule has 0 fully saturated rings. The Labute approximate surface area is 153 Å². The van der Waals surface area contributed by atoms with Crippen LogP contribution >= 0.6 is 11.6 Å². The number of carbonyl (C=O) groups excluding carboxylic acids is 1. The van der Waals surface area contributed by atoms with Crippen LogP contribution in [0.2, 0.25) is 5.02 Å². The highest BCUT2D eigenvalue weighted by Gasteiger charge is 2.19. The van der Waals surface area contributed by atoms with Gasteiger partial charge in [0.1, 0.15) is 18.1 Å². The molecule has 2 aromatic carbocycles. The number of hydrogen-bond donors (Lipinski definition) is 1. The van der Waals surface area contributed by atoms with Crippen LogP contribution < -0.4 is 14.8 Å². The van der Waals surface area contributed by atoms with Crippen molar-refractivity contribution in [2.45, 2.75) is 13.0 Å². The molecular formula is C19H23ClN2O3. The van der Waals surface area contributed by atoms with E-state index in [1.807, 2.05) is 49.2 Å². The lowest BCUT2D eigenvalue weighted by atomic mass is 10.2. The largest absolute Gasteiger partial charge is 0.495 e. The number of hydrogen-bond acceptors (Lipinski definition) is 4. The normalized spacial score (nSPS) is 11.9. The molecule has 25 heavy (non-hydrogen) atoms. The predicted octanol–water partition coefficient (Wildman–Crippen LogP) is 3.69. The van der Waals surface area contributed by atoms with Crippen molar-refractivity contribution < 1.29 is 14.3 Å². The van der Waals surface area contributed by atoms with Crippen LogP contribution in [0.1, 0.15) is 6.92 Å². The van der Waals surface area contributed by atoms with Crippen LogP contribution in [0, 0.1) is 0 Å². The van der Waals surface area contributed by atoms with Gasteiger partial charge in [0.15, 0.2) is 0 Å². The van der Waals surface area contributed by atoms with Gasteiger partial charge in [0.05, 0.1) is 18.8 Å². The summed E-state index contributed by atoms with van der Waals surface area (Å²) in [5, 5.41) is 3.40. The van der Waals surface area contributed by atoms with E-state index >= 15 is 0 Å². The fourth-order valence-corrected chi connectivity index (χ4v) is 2.41. The fourth-order valence-electron chi connectivity index (χ4n) is 2.23. The van der Waals surface area contributed by atoms with Gasteiger partial charge in [0, 0.05) is 11.6 Å². The number of nitrogens with one attached hydrogen (secondary N) is 1. The molecule has 0 aliphatic heterocycles. The molecule has 0 aliphatic rings. The quantitative estimate of drug-likeness (QED) is 0.778. The van der Waals surface area contributed by atoms with Gasteiger partial charge in [-0.25, -0.2) is 0 Å². The highest BCUT2D eigenvalue weighted by molar-refractivity contribution is 6.31. The van der Waals surface area contributed by atoms with Crippen LogP contribution in [0.5, 0.6) is 11.5 Å². The van der Waals surface area contributed by atoms with Crippen molar-refractivity contribution in [2.24, 2.45) is 0 Å². The number of halogens is 1. The Morgan fingerprint density at radius 2 is 1.96 bits per heavy atom. The van der Waals surface area contributed by atoms with E-state index in [0.717, 1.165) is 5.75 Å². The number of likely N-dealkylation sites (N-methyl/N-ethyl adjacent to an activating group) is 1. The Morgan fingerprint density at radius 3 is 2.64 bits per heavy atom. The van der Waals surface area contributed by atoms with Gasteiger partial charge in [-0.3, -0.25) is 9.69 Å². The first-order valence-corrected chi connectivity index (χ1v) is 8.41. The second-order valence-electron chi connectivity index (χ2n) is 5.65. The average molecular weight is 363 g/mol. The van der Waals surface area contributed by atoms with Gasteiger partial charge in [-0.15, -0.1) is 0 Å². The first-order chi connectivity index (χ1) is 12.0. The predicted molar refractivity (Wildman–Crippen MR) is 101 cm³/mol. The molecule has 0 aliphatic carbocycles. The minimum atomic E-state index is -0.330. The summed E-state index contributed by atoms with van der Waals surface area (Å²) in [5.41, 5.74) is 0.556. The molecule has 0 aromatic heterocycles. The van der Waals surface area contributed by atoms with Crippen LogP contribution in [0.15, 0.2) is 48.5 Å². The summed E-state index contributed by atoms with van der Waals surface area (Å²) in [5.74, 6) is 1.25. The number of benzene rings is 2. The monoisotopic (exact) mass is 362 g/mol. The zero-order valence-electron chi connectivity index (χ0n) is 14.7. The Hall–Kier alpha value is -2.24. The van der Waals surface area contributed by atoms with Crippen LogP contribution in [0.4, 0.5) is 5.69 Å². The first kappa shape index (κ1) is 19.1. The van der Waals surface area contributed by atoms with Gasteiger partial charge in [-0.2, -0.15) is 0 Å². The van der Waals surface area contributed by atoms with Gasteiger partial charge >= 0.3 is 0 Å². The molecule has 134 valence electrons. The van der Waals surface area contributed by atoms with Crippen molar-refractivity contribution in [3.63, 3.8) is 0 Å². The summed E-state index contributed by atoms with van der Waals surface area (Å²) in [6.07, 6.45) is 0. The van der Waals surface area contributed by atoms with E-state index in [1.54, 1.807) is 25.3 Å². The molecule has 0 heterocycles. The van der Waals surface area contributed by atoms with Crippen molar-refractivity contribution in [1.29, 1.82) is 0 Å². The summed E-state index contributed by atoms with van der Waals surface area (Å²) in [6, 6.07) is 14.4. The second kappa shape index (κ2) is 9.30. The van der Waals surface area contributed by atoms with E-state index in [0.29, 0.717) is 29.6 Å². The Bertz CT molecular complexity index is 694. The van der Waals surface area contributed by atoms with Gasteiger partial charge in [0.25, 0.3) is 0 Å². The van der Waals surface area contributed by atoms with Crippen LogP contribution in [0.3, 0.4) is 0 Å². The maximum atomic E-state index is 12.5. The molecule has 0 saturated heterocycles. The molecule has 1 amide bonds. The van der Waals surface area contributed by atoms with Crippen molar-refractivity contribution >= 4 is 23.2 Å². The van der Waals surface area contributed by atoms with Crippen LogP contribution in [0.25, 0.3) is 0 Å². The molecule has 0 saturated carbocycles. The summed E-state index contributed by atoms with van der Waals surface area (Å²) < 4.78 is 10.9. The molecule has 1 atom stereocenters. The van der Waals surface area contributed by atoms with Crippen molar-refractivity contribution in [1.82, 2.24) is 4.90 Å². The minimum Gasteiger partial charge on any atom is -0.495 e. The van der Waals surface area contributed by atoms with E-state index in [-0.39, 0.29) is 11.9 Å². The van der Waals surface area contributed by atoms with Crippen LogP contribution in [-0.4, -0.2) is 44.2 Å². The van der Waals surface area contributed by atoms with Gasteiger partial charge < -0.3 is 14.8 Å². The Morgan fingerprint density at radius 1 is 1.24 bits per heavy atom. The standard InChI is InChI=1S/C19H23ClN2O3/c1-14(22(2)11-12-25-16-7-5-4-6-8-16)19(23)21-17-13-15(20)9-10-18(17)24-3/h4-10,13-14H,11-12H2,1-3H3,(H,21,23)/t14-/m0/s1. The number of amides is 1. The molecule has 0 unspecified atom stereocenters. The number of nitrogens with zero attached hydrogens (tertiary/aromatic N) is 1. The minimum absolute atomic E-state index is 0.136. The third-order valence-corrected chi connectivity index (χ3v) is 4.15. The van der Waals surface area contributed by atoms with Gasteiger partial charge in [0.2, 0.25) is 5.91 Å². The number of ether oxygens (including phenoxy) is 2. The molecule has 6 heteroatoms. The average Bonchev–Trinajstić information content (AvgIpc) is 2.62. The molecule has 2 aromatic rings. The SMILES string of the molecule is COc1ccc(Cl)cc1NC(=O)[C@H](C)N(C)CCOc1ccccc1. The zero-order chi connectivity index (χ0) is 18.2. The van der Waals surface area contributed by atoms with Crippen molar-refractivity contribution in [3.8, 4) is 11.5 Å². The van der Waals surface area contributed by atoms with Crippen molar-refractivity contribution in [3.05, 3.63) is 53.6 Å². The molecule has 0 spiro atoms. The lowest BCUT2D eigenvalue weighted by Gasteiger charge is -2.24. The Kier molecular flexibility index (Phi) is 7.10. The number of carbonyl (C=O) groups is 1. The van der Waals surface area contributed by atoms with Crippen molar-refractivity contribution in [2.75, 3.05) is 32.6 Å². The molecule has 0 bridgehead atoms. The third-order valence-electron chi connectivity index (χ3n) is 3.92. The molecular weight excluding hydrogens is 340 g/mol. The summed E-state index contributed by atoms with van der Waals surface area (Å²) in [7, 11) is 3.43. The van der Waals surface area contributed by atoms with Crippen LogP contribution in [-0.2, 0) is 4.79 Å². The summed E-state index contributed by atoms with van der Waals surface area (Å²) in [6.45, 7) is 2.96. The lowest BCUT2D eigenvalue weighted by molar-refractivity contribution is -0.120. The van der Waals surface area contributed by atoms with Gasteiger partial charge in [-0.05, 0) is 44.3 Å². The molecule has 1 N–H and O–H groups in total. The van der Waals surface area contributed by atoms with E-state index < -0.39 is 0 Å². The zero-order valence-corrected chi connectivity index (χ0v) is 15.4. The maximum Gasteiger partial charge on any atom is 0.241 e. The first-order valence-electron chi connectivity index (χ1n) is 8.03. The van der Waals surface area contributed by atoms with E-state index in [1.165, 1.54) is 0 Å². The third kappa shape index (κ3) is 5.66. The van der Waals surface area contributed by atoms with E-state index in [2.05, 4.69) is 5.32 Å². The summed E-state index contributed by atoms with van der Waals surface area (Å²) >= 11 is 5.99. The topological polar surface area (TPSA) is 50.8 Å². The highest BCUT2D eigenvalue weighted by atomic mass is 35.5. The molecule has 2 rings (SSSR count). The number of methoxy groups -OCH3 is 1. The number of para-hydroxylation sites is 1.